The minimum atomic E-state index is -6.01. The number of rotatable bonds is 7. The van der Waals surface area contributed by atoms with Crippen molar-refractivity contribution in [2.45, 2.75) is 24.6 Å². The van der Waals surface area contributed by atoms with Crippen molar-refractivity contribution in [3.05, 3.63) is 0 Å². The Hall–Kier alpha value is -0.570. The topological polar surface area (TPSA) is 46.2 Å². The van der Waals surface area contributed by atoms with Gasteiger partial charge in [-0.15, -0.1) is 11.6 Å². The number of alkyl halides is 6. The average molecular weight is 328 g/mol. The lowest BCUT2D eigenvalue weighted by atomic mass is 10.1. The summed E-state index contributed by atoms with van der Waals surface area (Å²) in [6.07, 6.45) is -4.44. The van der Waals surface area contributed by atoms with E-state index in [-0.39, 0.29) is 6.42 Å². The van der Waals surface area contributed by atoms with Gasteiger partial charge in [0.25, 0.3) is 0 Å². The van der Waals surface area contributed by atoms with E-state index in [0.717, 1.165) is 0 Å². The summed E-state index contributed by atoms with van der Waals surface area (Å²) in [5.74, 6) is -9.20. The summed E-state index contributed by atoms with van der Waals surface area (Å²) >= 11 is 6.44. The molecule has 1 amide bonds. The normalized spacial score (nSPS) is 14.1. The Bertz CT molecular complexity index is 337. The Kier molecular flexibility index (Phi) is 7.06. The third-order valence-corrected chi connectivity index (χ3v) is 2.98. The van der Waals surface area contributed by atoms with Crippen LogP contribution in [0.3, 0.4) is 0 Å². The second-order valence-electron chi connectivity index (χ2n) is 3.48. The van der Waals surface area contributed by atoms with E-state index in [9.17, 15) is 31.5 Å². The Balaban J connectivity index is 4.85. The predicted molar refractivity (Wildman–Crippen MR) is 61.7 cm³/mol. The monoisotopic (exact) mass is 327 g/mol. The fourth-order valence-corrected chi connectivity index (χ4v) is 1.68. The Morgan fingerprint density at radius 2 is 1.79 bits per heavy atom. The van der Waals surface area contributed by atoms with Crippen molar-refractivity contribution in [2.75, 3.05) is 17.9 Å². The molecule has 0 rings (SSSR count). The summed E-state index contributed by atoms with van der Waals surface area (Å²) in [5, 5.41) is 1.39. The van der Waals surface area contributed by atoms with Crippen molar-refractivity contribution < 1.29 is 31.5 Å². The molecule has 1 unspecified atom stereocenters. The molecule has 10 heteroatoms. The molecule has 0 bridgehead atoms. The van der Waals surface area contributed by atoms with E-state index >= 15 is 0 Å². The van der Waals surface area contributed by atoms with Gasteiger partial charge in [0.2, 0.25) is 0 Å². The number of hydrogen-bond donors (Lipinski definition) is 1. The minimum absolute atomic E-state index is 0.0770. The Morgan fingerprint density at radius 1 is 1.26 bits per heavy atom. The first-order valence-electron chi connectivity index (χ1n) is 4.91. The number of nitrogens with one attached hydrogen (secondary N) is 1. The average Bonchev–Trinajstić information content (AvgIpc) is 2.31. The van der Waals surface area contributed by atoms with Gasteiger partial charge in [0.15, 0.2) is 5.78 Å². The number of hydrogen-bond acceptors (Lipinski definition) is 3. The van der Waals surface area contributed by atoms with Crippen molar-refractivity contribution >= 4 is 35.1 Å². The van der Waals surface area contributed by atoms with Crippen LogP contribution in [0.4, 0.5) is 22.0 Å². The molecule has 0 aliphatic carbocycles. The first-order chi connectivity index (χ1) is 8.57. The van der Waals surface area contributed by atoms with E-state index in [4.69, 9.17) is 11.6 Å². The number of amides is 1. The molecular weight excluding hydrogens is 317 g/mol. The minimum Gasteiger partial charge on any atom is -0.341 e. The van der Waals surface area contributed by atoms with Crippen molar-refractivity contribution in [3.8, 4) is 0 Å². The Morgan fingerprint density at radius 3 is 2.16 bits per heavy atom. The summed E-state index contributed by atoms with van der Waals surface area (Å²) < 4.78 is 61.2. The molecule has 0 radical (unpaired) electrons. The van der Waals surface area contributed by atoms with Gasteiger partial charge in [0.05, 0.1) is 11.9 Å². The van der Waals surface area contributed by atoms with Gasteiger partial charge in [0.1, 0.15) is 0 Å². The number of ketones is 1. The molecule has 0 aromatic rings. The molecule has 0 aliphatic rings. The largest absolute Gasteiger partial charge is 0.463 e. The third kappa shape index (κ3) is 5.13. The second-order valence-corrected chi connectivity index (χ2v) is 4.73. The zero-order valence-electron chi connectivity index (χ0n) is 9.69. The molecule has 19 heavy (non-hydrogen) atoms. The smallest absolute Gasteiger partial charge is 0.341 e. The van der Waals surface area contributed by atoms with E-state index in [0.29, 0.717) is 5.75 Å². The van der Waals surface area contributed by atoms with E-state index in [1.807, 2.05) is 0 Å². The highest BCUT2D eigenvalue weighted by atomic mass is 35.5. The molecule has 1 N–H and O–H groups in total. The van der Waals surface area contributed by atoms with Crippen LogP contribution in [0.2, 0.25) is 0 Å². The molecule has 0 fully saturated rings. The molecule has 3 nitrogen and oxygen atoms in total. The van der Waals surface area contributed by atoms with Crippen molar-refractivity contribution in [3.63, 3.8) is 0 Å². The van der Waals surface area contributed by atoms with Crippen LogP contribution >= 0.6 is 23.4 Å². The maximum Gasteiger partial charge on any atom is 0.463 e. The SMILES string of the molecule is CSCCC(NC(=O)C(F)(F)C(F)(F)F)C(=O)CCl. The first kappa shape index (κ1) is 18.4. The molecular formula is C9H11ClF5NO2S. The van der Waals surface area contributed by atoms with E-state index in [1.165, 1.54) is 17.1 Å². The molecule has 0 saturated carbocycles. The van der Waals surface area contributed by atoms with Gasteiger partial charge in [-0.25, -0.2) is 0 Å². The molecule has 112 valence electrons. The second kappa shape index (κ2) is 7.28. The molecule has 0 saturated heterocycles. The molecule has 0 aromatic carbocycles. The predicted octanol–water partition coefficient (Wildman–Crippen LogP) is 2.23. The van der Waals surface area contributed by atoms with Crippen molar-refractivity contribution in [2.24, 2.45) is 0 Å². The van der Waals surface area contributed by atoms with Gasteiger partial charge in [-0.1, -0.05) is 0 Å². The van der Waals surface area contributed by atoms with Crippen LogP contribution in [0.25, 0.3) is 0 Å². The quantitative estimate of drug-likeness (QED) is 0.576. The zero-order chi connectivity index (χ0) is 15.3. The van der Waals surface area contributed by atoms with Crippen molar-refractivity contribution in [1.82, 2.24) is 5.32 Å². The number of Topliss-reactive ketones (excluding diaryl/α,β-unsaturated/α-hetero) is 1. The van der Waals surface area contributed by atoms with Crippen LogP contribution in [0.1, 0.15) is 6.42 Å². The fourth-order valence-electron chi connectivity index (χ4n) is 1.02. The zero-order valence-corrected chi connectivity index (χ0v) is 11.3. The highest BCUT2D eigenvalue weighted by Gasteiger charge is 2.63. The lowest BCUT2D eigenvalue weighted by Crippen LogP contribution is -2.55. The van der Waals surface area contributed by atoms with Gasteiger partial charge in [0, 0.05) is 0 Å². The fraction of sp³-hybridized carbons (Fsp3) is 0.778. The summed E-state index contributed by atoms with van der Waals surface area (Å²) in [4.78, 5) is 22.2. The number of halogens is 6. The summed E-state index contributed by atoms with van der Waals surface area (Å²) in [5.41, 5.74) is 0. The molecule has 0 heterocycles. The highest BCUT2D eigenvalue weighted by molar-refractivity contribution is 7.98. The lowest BCUT2D eigenvalue weighted by Gasteiger charge is -2.22. The van der Waals surface area contributed by atoms with Gasteiger partial charge in [-0.3, -0.25) is 9.59 Å². The van der Waals surface area contributed by atoms with Crippen LogP contribution in [0, 0.1) is 0 Å². The number of carbonyl (C=O) groups is 2. The van der Waals surface area contributed by atoms with Gasteiger partial charge < -0.3 is 5.32 Å². The van der Waals surface area contributed by atoms with Gasteiger partial charge >= 0.3 is 18.0 Å². The van der Waals surface area contributed by atoms with E-state index < -0.39 is 35.7 Å². The maximum absolute atomic E-state index is 12.7. The van der Waals surface area contributed by atoms with E-state index in [2.05, 4.69) is 0 Å². The maximum atomic E-state index is 12.7. The standard InChI is InChI=1S/C9H11ClF5NO2S/c1-19-3-2-5(6(17)4-10)16-7(18)8(11,12)9(13,14)15/h5H,2-4H2,1H3,(H,16,18). The van der Waals surface area contributed by atoms with Crippen LogP contribution < -0.4 is 5.32 Å². The first-order valence-corrected chi connectivity index (χ1v) is 6.83. The van der Waals surface area contributed by atoms with Crippen molar-refractivity contribution in [1.29, 1.82) is 0 Å². The molecule has 0 spiro atoms. The lowest BCUT2D eigenvalue weighted by molar-refractivity contribution is -0.270. The summed E-state index contributed by atoms with van der Waals surface area (Å²) in [7, 11) is 0. The van der Waals surface area contributed by atoms with Crippen LogP contribution in [-0.4, -0.2) is 47.7 Å². The summed E-state index contributed by atoms with van der Waals surface area (Å²) in [6.45, 7) is 0. The summed E-state index contributed by atoms with van der Waals surface area (Å²) in [6, 6.07) is -1.45. The Labute approximate surface area is 115 Å². The number of carbonyl (C=O) groups excluding carboxylic acids is 2. The highest BCUT2D eigenvalue weighted by Crippen LogP contribution is 2.35. The van der Waals surface area contributed by atoms with Crippen LogP contribution in [-0.2, 0) is 9.59 Å². The van der Waals surface area contributed by atoms with Crippen LogP contribution in [0.5, 0.6) is 0 Å². The van der Waals surface area contributed by atoms with Gasteiger partial charge in [-0.05, 0) is 18.4 Å². The van der Waals surface area contributed by atoms with E-state index in [1.54, 1.807) is 6.26 Å². The van der Waals surface area contributed by atoms with Crippen LogP contribution in [0.15, 0.2) is 0 Å². The molecule has 1 atom stereocenters. The van der Waals surface area contributed by atoms with Gasteiger partial charge in [-0.2, -0.15) is 33.7 Å². The molecule has 0 aliphatic heterocycles. The third-order valence-electron chi connectivity index (χ3n) is 2.08. The molecule has 0 aromatic heterocycles. The number of thioether (sulfide) groups is 1.